The molecule has 0 atom stereocenters. The van der Waals surface area contributed by atoms with Crippen molar-refractivity contribution in [1.29, 1.82) is 10.5 Å². The van der Waals surface area contributed by atoms with Gasteiger partial charge in [-0.2, -0.15) is 19.8 Å². The van der Waals surface area contributed by atoms with Gasteiger partial charge in [-0.15, -0.1) is 0 Å². The molecule has 16 heteroatoms. The monoisotopic (exact) mass is 604 g/mol. The number of ether oxygens (including phenoxy) is 1. The van der Waals surface area contributed by atoms with E-state index in [4.69, 9.17) is 15.7 Å². The van der Waals surface area contributed by atoms with Crippen molar-refractivity contribution >= 4 is 53.5 Å². The minimum Gasteiger partial charge on any atom is -0.469 e. The first-order valence-corrected chi connectivity index (χ1v) is 15.4. The fourth-order valence-corrected chi connectivity index (χ4v) is 6.76. The van der Waals surface area contributed by atoms with Gasteiger partial charge in [0, 0.05) is 38.0 Å². The number of fused-ring (bicyclic) bond motifs is 1. The zero-order chi connectivity index (χ0) is 29.5. The fraction of sp³-hybridized carbons (Fsp3) is 0.292. The van der Waals surface area contributed by atoms with E-state index in [9.17, 15) is 26.4 Å². The fourth-order valence-electron chi connectivity index (χ4n) is 3.61. The van der Waals surface area contributed by atoms with Gasteiger partial charge in [-0.3, -0.25) is 9.59 Å². The van der Waals surface area contributed by atoms with Crippen molar-refractivity contribution in [2.45, 2.75) is 35.6 Å². The summed E-state index contributed by atoms with van der Waals surface area (Å²) in [6.45, 7) is -0.0751. The second-order valence-corrected chi connectivity index (χ2v) is 12.7. The van der Waals surface area contributed by atoms with Crippen LogP contribution >= 0.6 is 11.3 Å². The molecule has 0 spiro atoms. The van der Waals surface area contributed by atoms with Crippen LogP contribution in [0.2, 0.25) is 0 Å². The van der Waals surface area contributed by atoms with Crippen molar-refractivity contribution in [2.24, 2.45) is 10.1 Å². The van der Waals surface area contributed by atoms with Gasteiger partial charge in [0.1, 0.15) is 0 Å². The van der Waals surface area contributed by atoms with Gasteiger partial charge in [0.25, 0.3) is 5.91 Å². The number of aromatic nitrogens is 1. The van der Waals surface area contributed by atoms with E-state index in [-0.39, 0.29) is 59.1 Å². The Morgan fingerprint density at radius 3 is 2.17 bits per heavy atom. The van der Waals surface area contributed by atoms with Gasteiger partial charge >= 0.3 is 5.97 Å². The number of hydrogen-bond donors (Lipinski definition) is 1. The number of nitrogens with two attached hydrogens (primary N) is 1. The largest absolute Gasteiger partial charge is 0.469 e. The van der Waals surface area contributed by atoms with Crippen molar-refractivity contribution in [3.05, 3.63) is 52.8 Å². The molecular formula is C24H24N6O7S3. The first kappa shape index (κ1) is 30.6. The van der Waals surface area contributed by atoms with E-state index in [2.05, 4.69) is 9.73 Å². The first-order valence-electron chi connectivity index (χ1n) is 11.6. The molecule has 3 aromatic rings. The molecule has 1 heterocycles. The average molecular weight is 605 g/mol. The molecule has 0 aliphatic heterocycles. The Morgan fingerprint density at radius 2 is 1.62 bits per heavy atom. The maximum Gasteiger partial charge on any atom is 0.307 e. The van der Waals surface area contributed by atoms with Crippen LogP contribution in [0.25, 0.3) is 10.2 Å². The predicted molar refractivity (Wildman–Crippen MR) is 143 cm³/mol. The molecular weight excluding hydrogens is 581 g/mol. The Labute approximate surface area is 234 Å². The number of primary sulfonamides is 1. The van der Waals surface area contributed by atoms with Gasteiger partial charge in [-0.1, -0.05) is 11.3 Å². The Kier molecular flexibility index (Phi) is 9.91. The number of hydrogen-bond acceptors (Lipinski definition) is 10. The van der Waals surface area contributed by atoms with Gasteiger partial charge < -0.3 is 9.30 Å². The number of thiazole rings is 1. The van der Waals surface area contributed by atoms with Crippen LogP contribution < -0.4 is 9.94 Å². The van der Waals surface area contributed by atoms with Crippen molar-refractivity contribution in [3.8, 4) is 12.1 Å². The summed E-state index contributed by atoms with van der Waals surface area (Å²) in [6, 6.07) is 13.0. The van der Waals surface area contributed by atoms with Gasteiger partial charge in [0.05, 0.1) is 45.7 Å². The van der Waals surface area contributed by atoms with Gasteiger partial charge in [-0.25, -0.2) is 22.0 Å². The molecule has 0 aliphatic carbocycles. The molecule has 3 rings (SSSR count). The average Bonchev–Trinajstić information content (AvgIpc) is 3.27. The van der Waals surface area contributed by atoms with E-state index in [1.165, 1.54) is 49.6 Å². The minimum absolute atomic E-state index is 0.0404. The Morgan fingerprint density at radius 1 is 1.02 bits per heavy atom. The molecule has 0 bridgehead atoms. The molecule has 1 aromatic heterocycles. The van der Waals surface area contributed by atoms with Crippen LogP contribution in [0.3, 0.4) is 0 Å². The Bertz CT molecular complexity index is 1780. The topological polar surface area (TPSA) is 206 Å². The summed E-state index contributed by atoms with van der Waals surface area (Å²) < 4.78 is 57.4. The van der Waals surface area contributed by atoms with Crippen molar-refractivity contribution in [3.63, 3.8) is 0 Å². The van der Waals surface area contributed by atoms with Crippen LogP contribution in [0, 0.1) is 22.7 Å². The SMILES string of the molecule is COC(=O)CCn1c(=NC(=O)c2ccc(S(=O)(=O)N(CCC#N)CCC#N)cc2)sc2cc(S(N)(=O)=O)ccc21. The van der Waals surface area contributed by atoms with E-state index in [0.717, 1.165) is 15.6 Å². The number of benzene rings is 2. The predicted octanol–water partition coefficient (Wildman–Crippen LogP) is 1.47. The molecule has 0 saturated carbocycles. The maximum absolute atomic E-state index is 13.0. The van der Waals surface area contributed by atoms with Gasteiger partial charge in [0.2, 0.25) is 20.0 Å². The summed E-state index contributed by atoms with van der Waals surface area (Å²) in [6.07, 6.45) is -0.144. The van der Waals surface area contributed by atoms with Crippen molar-refractivity contribution in [2.75, 3.05) is 20.2 Å². The smallest absolute Gasteiger partial charge is 0.307 e. The quantitative estimate of drug-likeness (QED) is 0.314. The number of aryl methyl sites for hydroxylation is 1. The second-order valence-electron chi connectivity index (χ2n) is 8.20. The molecule has 0 radical (unpaired) electrons. The van der Waals surface area contributed by atoms with Crippen LogP contribution in [0.4, 0.5) is 0 Å². The van der Waals surface area contributed by atoms with E-state index >= 15 is 0 Å². The summed E-state index contributed by atoms with van der Waals surface area (Å²) >= 11 is 1.01. The summed E-state index contributed by atoms with van der Waals surface area (Å²) in [7, 11) is -6.77. The second kappa shape index (κ2) is 12.9. The summed E-state index contributed by atoms with van der Waals surface area (Å²) in [5, 5.41) is 22.9. The molecule has 0 fully saturated rings. The molecule has 2 aromatic carbocycles. The maximum atomic E-state index is 13.0. The van der Waals surface area contributed by atoms with E-state index in [1.807, 2.05) is 12.1 Å². The summed E-state index contributed by atoms with van der Waals surface area (Å²) in [4.78, 5) is 28.8. The Balaban J connectivity index is 2.00. The Hall–Kier alpha value is -3.93. The highest BCUT2D eigenvalue weighted by Gasteiger charge is 2.24. The van der Waals surface area contributed by atoms with Crippen LogP contribution in [-0.2, 0) is 36.1 Å². The number of rotatable bonds is 11. The highest BCUT2D eigenvalue weighted by atomic mass is 32.2. The lowest BCUT2D eigenvalue weighted by molar-refractivity contribution is -0.140. The lowest BCUT2D eigenvalue weighted by atomic mass is 10.2. The van der Waals surface area contributed by atoms with Crippen LogP contribution in [0.1, 0.15) is 29.6 Å². The minimum atomic E-state index is -4.02. The third-order valence-corrected chi connectivity index (χ3v) is 9.50. The van der Waals surface area contributed by atoms with Gasteiger partial charge in [0.15, 0.2) is 4.80 Å². The third kappa shape index (κ3) is 7.17. The standard InChI is InChI=1S/C24H24N6O7S3/c1-37-22(31)10-15-30-20-9-8-19(39(27,33)34)16-21(20)38-24(30)28-23(32)17-4-6-18(7-5-17)40(35,36)29(13-2-11-25)14-3-12-26/h4-9,16H,2-3,10,13-15H2,1H3,(H2,27,33,34). The molecule has 0 saturated heterocycles. The lowest BCUT2D eigenvalue weighted by Gasteiger charge is -2.20. The number of carbonyl (C=O) groups excluding carboxylic acids is 2. The molecule has 2 N–H and O–H groups in total. The van der Waals surface area contributed by atoms with E-state index < -0.39 is 31.9 Å². The summed E-state index contributed by atoms with van der Waals surface area (Å²) in [5.74, 6) is -1.21. The molecule has 1 amide bonds. The van der Waals surface area contributed by atoms with Crippen molar-refractivity contribution in [1.82, 2.24) is 8.87 Å². The summed E-state index contributed by atoms with van der Waals surface area (Å²) in [5.41, 5.74) is 0.589. The first-order chi connectivity index (χ1) is 18.9. The normalized spacial score (nSPS) is 12.3. The molecule has 40 heavy (non-hydrogen) atoms. The van der Waals surface area contributed by atoms with Crippen LogP contribution in [0.15, 0.2) is 57.2 Å². The zero-order valence-corrected chi connectivity index (χ0v) is 23.6. The number of amides is 1. The number of sulfonamides is 2. The number of nitriles is 2. The lowest BCUT2D eigenvalue weighted by Crippen LogP contribution is -2.32. The van der Waals surface area contributed by atoms with Gasteiger partial charge in [-0.05, 0) is 42.5 Å². The molecule has 210 valence electrons. The number of esters is 1. The number of nitrogens with zero attached hydrogens (tertiary/aromatic N) is 5. The van der Waals surface area contributed by atoms with Crippen LogP contribution in [-0.4, -0.2) is 57.8 Å². The third-order valence-electron chi connectivity index (χ3n) is 5.63. The van der Waals surface area contributed by atoms with Crippen molar-refractivity contribution < 1.29 is 31.2 Å². The van der Waals surface area contributed by atoms with E-state index in [0.29, 0.717) is 10.2 Å². The number of methoxy groups -OCH3 is 1. The molecule has 0 unspecified atom stereocenters. The highest BCUT2D eigenvalue weighted by Crippen LogP contribution is 2.22. The van der Waals surface area contributed by atoms with Crippen LogP contribution in [0.5, 0.6) is 0 Å². The highest BCUT2D eigenvalue weighted by molar-refractivity contribution is 7.89. The molecule has 13 nitrogen and oxygen atoms in total. The zero-order valence-electron chi connectivity index (χ0n) is 21.2. The van der Waals surface area contributed by atoms with E-state index in [1.54, 1.807) is 4.57 Å². The molecule has 0 aliphatic rings. The number of carbonyl (C=O) groups is 2.